The predicted octanol–water partition coefficient (Wildman–Crippen LogP) is 5.15. The molecule has 0 spiro atoms. The van der Waals surface area contributed by atoms with Gasteiger partial charge in [-0.2, -0.15) is 0 Å². The number of aliphatic hydroxyl groups excluding tert-OH is 1. The Kier molecular flexibility index (Phi) is 4.67. The van der Waals surface area contributed by atoms with Gasteiger partial charge in [-0.1, -0.05) is 49.5 Å². The van der Waals surface area contributed by atoms with Crippen LogP contribution in [0.4, 0.5) is 0 Å². The number of ether oxygens (including phenoxy) is 1. The first-order valence-corrected chi connectivity index (χ1v) is 7.09. The maximum atomic E-state index is 9.08. The van der Waals surface area contributed by atoms with E-state index in [1.165, 1.54) is 0 Å². The zero-order valence-corrected chi connectivity index (χ0v) is 13.1. The lowest BCUT2D eigenvalue weighted by molar-refractivity contribution is 0.281. The Morgan fingerprint density at radius 2 is 1.89 bits per heavy atom. The predicted molar refractivity (Wildman–Crippen MR) is 79.3 cm³/mol. The van der Waals surface area contributed by atoms with E-state index in [4.69, 9.17) is 21.4 Å². The van der Waals surface area contributed by atoms with E-state index in [-0.39, 0.29) is 6.61 Å². The van der Waals surface area contributed by atoms with Gasteiger partial charge in [0, 0.05) is 8.95 Å². The van der Waals surface area contributed by atoms with Gasteiger partial charge in [0.1, 0.15) is 11.5 Å². The molecule has 0 amide bonds. The fraction of sp³-hybridized carbons (Fsp3) is 0.0769. The molecule has 0 saturated carbocycles. The molecule has 0 atom stereocenters. The first-order valence-electron chi connectivity index (χ1n) is 5.12. The van der Waals surface area contributed by atoms with E-state index in [1.54, 1.807) is 30.3 Å². The van der Waals surface area contributed by atoms with E-state index in [1.807, 2.05) is 6.07 Å². The highest BCUT2D eigenvalue weighted by molar-refractivity contribution is 9.10. The van der Waals surface area contributed by atoms with Crippen LogP contribution < -0.4 is 4.74 Å². The molecule has 0 aliphatic rings. The van der Waals surface area contributed by atoms with E-state index < -0.39 is 0 Å². The summed E-state index contributed by atoms with van der Waals surface area (Å²) in [4.78, 5) is 0. The zero-order valence-electron chi connectivity index (χ0n) is 9.16. The van der Waals surface area contributed by atoms with Crippen LogP contribution in [0.25, 0.3) is 0 Å². The molecule has 2 nitrogen and oxygen atoms in total. The van der Waals surface area contributed by atoms with Crippen LogP contribution in [0.3, 0.4) is 0 Å². The van der Waals surface area contributed by atoms with Crippen molar-refractivity contribution >= 4 is 43.5 Å². The third kappa shape index (κ3) is 3.26. The zero-order chi connectivity index (χ0) is 13.1. The molecular formula is C13H9Br2ClO2. The van der Waals surface area contributed by atoms with E-state index >= 15 is 0 Å². The largest absolute Gasteiger partial charge is 0.456 e. The van der Waals surface area contributed by atoms with Gasteiger partial charge in [-0.3, -0.25) is 0 Å². The maximum Gasteiger partial charge on any atom is 0.146 e. The van der Waals surface area contributed by atoms with Crippen molar-refractivity contribution in [3.63, 3.8) is 0 Å². The molecule has 2 aromatic rings. The number of aliphatic hydroxyl groups is 1. The van der Waals surface area contributed by atoms with Crippen LogP contribution in [-0.4, -0.2) is 5.11 Å². The number of hydrogen-bond donors (Lipinski definition) is 1. The summed E-state index contributed by atoms with van der Waals surface area (Å²) in [6.07, 6.45) is 0. The fourth-order valence-electron chi connectivity index (χ4n) is 1.40. The van der Waals surface area contributed by atoms with Gasteiger partial charge in [-0.05, 0) is 35.9 Å². The summed E-state index contributed by atoms with van der Waals surface area (Å²) in [7, 11) is 0. The summed E-state index contributed by atoms with van der Waals surface area (Å²) >= 11 is 12.8. The molecule has 94 valence electrons. The fourth-order valence-corrected chi connectivity index (χ4v) is 2.60. The number of hydrogen-bond acceptors (Lipinski definition) is 2. The van der Waals surface area contributed by atoms with Crippen LogP contribution in [0.1, 0.15) is 5.56 Å². The van der Waals surface area contributed by atoms with Gasteiger partial charge >= 0.3 is 0 Å². The van der Waals surface area contributed by atoms with Crippen molar-refractivity contribution in [3.8, 4) is 11.5 Å². The van der Waals surface area contributed by atoms with E-state index in [0.717, 1.165) is 14.5 Å². The van der Waals surface area contributed by atoms with Crippen molar-refractivity contribution in [2.45, 2.75) is 6.61 Å². The highest BCUT2D eigenvalue weighted by Crippen LogP contribution is 2.33. The molecule has 0 bridgehead atoms. The third-order valence-electron chi connectivity index (χ3n) is 2.32. The molecule has 2 aromatic carbocycles. The minimum Gasteiger partial charge on any atom is -0.456 e. The Balaban J connectivity index is 2.26. The van der Waals surface area contributed by atoms with Gasteiger partial charge in [0.05, 0.1) is 11.6 Å². The SMILES string of the molecule is OCc1ccc(Oc2ccc(Br)cc2Cl)cc1Br. The molecule has 1 N–H and O–H groups in total. The molecular weight excluding hydrogens is 383 g/mol. The Morgan fingerprint density at radius 3 is 2.50 bits per heavy atom. The quantitative estimate of drug-likeness (QED) is 0.783. The second-order valence-corrected chi connectivity index (χ2v) is 5.77. The third-order valence-corrected chi connectivity index (χ3v) is 3.84. The second kappa shape index (κ2) is 6.06. The lowest BCUT2D eigenvalue weighted by Crippen LogP contribution is -1.89. The first kappa shape index (κ1) is 13.9. The highest BCUT2D eigenvalue weighted by atomic mass is 79.9. The normalized spacial score (nSPS) is 10.4. The van der Waals surface area contributed by atoms with Crippen LogP contribution in [0.2, 0.25) is 5.02 Å². The average Bonchev–Trinajstić information content (AvgIpc) is 2.33. The lowest BCUT2D eigenvalue weighted by atomic mass is 10.2. The smallest absolute Gasteiger partial charge is 0.146 e. The summed E-state index contributed by atoms with van der Waals surface area (Å²) in [6, 6.07) is 10.8. The summed E-state index contributed by atoms with van der Waals surface area (Å²) < 4.78 is 7.38. The molecule has 0 aliphatic heterocycles. The Labute approximate surface area is 127 Å². The second-order valence-electron chi connectivity index (χ2n) is 3.59. The van der Waals surface area contributed by atoms with E-state index in [2.05, 4.69) is 31.9 Å². The van der Waals surface area contributed by atoms with Gasteiger partial charge in [0.2, 0.25) is 0 Å². The van der Waals surface area contributed by atoms with Gasteiger partial charge in [0.15, 0.2) is 0 Å². The molecule has 5 heteroatoms. The molecule has 0 aromatic heterocycles. The maximum absolute atomic E-state index is 9.08. The van der Waals surface area contributed by atoms with Crippen molar-refractivity contribution in [3.05, 3.63) is 55.9 Å². The summed E-state index contributed by atoms with van der Waals surface area (Å²) in [6.45, 7) is -0.0140. The van der Waals surface area contributed by atoms with Crippen molar-refractivity contribution in [1.29, 1.82) is 0 Å². The molecule has 0 heterocycles. The summed E-state index contributed by atoms with van der Waals surface area (Å²) in [5, 5.41) is 9.61. The Morgan fingerprint density at radius 1 is 1.11 bits per heavy atom. The standard InChI is InChI=1S/C13H9Br2ClO2/c14-9-2-4-13(12(16)5-9)18-10-3-1-8(7-17)11(15)6-10/h1-6,17H,7H2. The van der Waals surface area contributed by atoms with Crippen LogP contribution in [-0.2, 0) is 6.61 Å². The average molecular weight is 392 g/mol. The van der Waals surface area contributed by atoms with Crippen molar-refractivity contribution in [2.75, 3.05) is 0 Å². The van der Waals surface area contributed by atoms with Crippen LogP contribution >= 0.6 is 43.5 Å². The minimum absolute atomic E-state index is 0.0140. The van der Waals surface area contributed by atoms with E-state index in [0.29, 0.717) is 16.5 Å². The molecule has 0 saturated heterocycles. The molecule has 2 rings (SSSR count). The number of halogens is 3. The molecule has 0 unspecified atom stereocenters. The van der Waals surface area contributed by atoms with Crippen LogP contribution in [0.15, 0.2) is 45.3 Å². The van der Waals surface area contributed by atoms with Crippen LogP contribution in [0.5, 0.6) is 11.5 Å². The van der Waals surface area contributed by atoms with Gasteiger partial charge in [-0.25, -0.2) is 0 Å². The van der Waals surface area contributed by atoms with Gasteiger partial charge < -0.3 is 9.84 Å². The Hall–Kier alpha value is -0.550. The number of rotatable bonds is 3. The highest BCUT2D eigenvalue weighted by Gasteiger charge is 2.06. The van der Waals surface area contributed by atoms with Crippen molar-refractivity contribution < 1.29 is 9.84 Å². The Bertz CT molecular complexity index is 573. The van der Waals surface area contributed by atoms with E-state index in [9.17, 15) is 0 Å². The van der Waals surface area contributed by atoms with Gasteiger partial charge in [-0.15, -0.1) is 0 Å². The van der Waals surface area contributed by atoms with Crippen molar-refractivity contribution in [1.82, 2.24) is 0 Å². The topological polar surface area (TPSA) is 29.5 Å². The molecule has 18 heavy (non-hydrogen) atoms. The minimum atomic E-state index is -0.0140. The van der Waals surface area contributed by atoms with Gasteiger partial charge in [0.25, 0.3) is 0 Å². The monoisotopic (exact) mass is 390 g/mol. The molecule has 0 radical (unpaired) electrons. The lowest BCUT2D eigenvalue weighted by Gasteiger charge is -2.09. The molecule has 0 fully saturated rings. The summed E-state index contributed by atoms with van der Waals surface area (Å²) in [5.41, 5.74) is 0.809. The first-order chi connectivity index (χ1) is 8.60. The molecule has 0 aliphatic carbocycles. The van der Waals surface area contributed by atoms with Crippen molar-refractivity contribution in [2.24, 2.45) is 0 Å². The summed E-state index contributed by atoms with van der Waals surface area (Å²) in [5.74, 6) is 1.24. The number of benzene rings is 2. The van der Waals surface area contributed by atoms with Crippen LogP contribution in [0, 0.1) is 0 Å².